The number of benzene rings is 1. The molecule has 1 amide bonds. The summed E-state index contributed by atoms with van der Waals surface area (Å²) in [4.78, 5) is 21.0. The number of aryl methyl sites for hydroxylation is 2. The third kappa shape index (κ3) is 4.15. The van der Waals surface area contributed by atoms with Crippen molar-refractivity contribution in [2.45, 2.75) is 59.4 Å². The predicted octanol–water partition coefficient (Wildman–Crippen LogP) is 3.67. The Hall–Kier alpha value is -2.76. The van der Waals surface area contributed by atoms with Gasteiger partial charge in [0.25, 0.3) is 5.78 Å². The molecule has 3 aromatic rings. The van der Waals surface area contributed by atoms with Crippen LogP contribution in [0.2, 0.25) is 0 Å². The normalized spacial score (nSPS) is 12.5. The maximum atomic E-state index is 12.4. The first-order valence-electron chi connectivity index (χ1n) is 9.42. The molecule has 1 aromatic carbocycles. The monoisotopic (exact) mass is 365 g/mol. The molecule has 0 spiro atoms. The third-order valence-electron chi connectivity index (χ3n) is 5.07. The lowest BCUT2D eigenvalue weighted by Crippen LogP contribution is -2.27. The number of rotatable bonds is 6. The molecule has 0 saturated heterocycles. The van der Waals surface area contributed by atoms with E-state index in [2.05, 4.69) is 58.5 Å². The molecule has 27 heavy (non-hydrogen) atoms. The summed E-state index contributed by atoms with van der Waals surface area (Å²) in [6, 6.07) is 8.44. The highest BCUT2D eigenvalue weighted by Crippen LogP contribution is 2.19. The molecule has 2 heterocycles. The van der Waals surface area contributed by atoms with E-state index in [4.69, 9.17) is 0 Å². The molecule has 3 rings (SSSR count). The Morgan fingerprint density at radius 3 is 2.44 bits per heavy atom. The maximum absolute atomic E-state index is 12.4. The summed E-state index contributed by atoms with van der Waals surface area (Å²) in [5, 5.41) is 7.29. The van der Waals surface area contributed by atoms with E-state index in [9.17, 15) is 4.79 Å². The molecule has 0 aliphatic heterocycles. The minimum absolute atomic E-state index is 0.0168. The highest BCUT2D eigenvalue weighted by Gasteiger charge is 2.14. The average molecular weight is 365 g/mol. The van der Waals surface area contributed by atoms with Crippen LogP contribution in [0.1, 0.15) is 67.2 Å². The van der Waals surface area contributed by atoms with Gasteiger partial charge in [-0.05, 0) is 49.8 Å². The molecule has 6 nitrogen and oxygen atoms in total. The van der Waals surface area contributed by atoms with Crippen molar-refractivity contribution in [2.75, 3.05) is 0 Å². The van der Waals surface area contributed by atoms with Crippen molar-refractivity contribution in [3.8, 4) is 0 Å². The second-order valence-corrected chi connectivity index (χ2v) is 7.34. The van der Waals surface area contributed by atoms with E-state index in [0.717, 1.165) is 22.5 Å². The fourth-order valence-electron chi connectivity index (χ4n) is 3.32. The van der Waals surface area contributed by atoms with Crippen LogP contribution in [-0.2, 0) is 11.2 Å². The van der Waals surface area contributed by atoms with E-state index in [-0.39, 0.29) is 11.9 Å². The number of amides is 1. The summed E-state index contributed by atoms with van der Waals surface area (Å²) in [5.41, 5.74) is 5.36. The summed E-state index contributed by atoms with van der Waals surface area (Å²) in [6.07, 6.45) is 2.54. The number of nitrogens with one attached hydrogen (secondary N) is 1. The first kappa shape index (κ1) is 19.0. The van der Waals surface area contributed by atoms with E-state index in [0.29, 0.717) is 24.5 Å². The molecule has 0 saturated carbocycles. The Labute approximate surface area is 160 Å². The zero-order chi connectivity index (χ0) is 19.6. The van der Waals surface area contributed by atoms with Gasteiger partial charge in [0.15, 0.2) is 0 Å². The Morgan fingerprint density at radius 1 is 1.11 bits per heavy atom. The molecule has 1 unspecified atom stereocenters. The second-order valence-electron chi connectivity index (χ2n) is 7.34. The molecule has 142 valence electrons. The van der Waals surface area contributed by atoms with Crippen LogP contribution < -0.4 is 5.32 Å². The summed E-state index contributed by atoms with van der Waals surface area (Å²) < 4.78 is 1.72. The standard InChI is InChI=1S/C21H27N5O/c1-13(2)17-6-8-18(9-7-17)14(3)24-20(27)11-10-19-15(4)25-21-22-12-23-26(21)16(19)5/h6-9,12-14H,10-11H2,1-5H3,(H,24,27). The third-order valence-corrected chi connectivity index (χ3v) is 5.07. The van der Waals surface area contributed by atoms with Gasteiger partial charge in [-0.25, -0.2) is 9.50 Å². The molecule has 1 N–H and O–H groups in total. The number of carbonyl (C=O) groups is 1. The average Bonchev–Trinajstić information content (AvgIpc) is 3.10. The Bertz CT molecular complexity index is 943. The van der Waals surface area contributed by atoms with Gasteiger partial charge >= 0.3 is 0 Å². The minimum atomic E-state index is -0.0168. The molecule has 6 heteroatoms. The molecule has 0 aliphatic rings. The van der Waals surface area contributed by atoms with Crippen molar-refractivity contribution >= 4 is 11.7 Å². The van der Waals surface area contributed by atoms with E-state index in [1.807, 2.05) is 20.8 Å². The summed E-state index contributed by atoms with van der Waals surface area (Å²) >= 11 is 0. The quantitative estimate of drug-likeness (QED) is 0.723. The van der Waals surface area contributed by atoms with Crippen molar-refractivity contribution in [1.82, 2.24) is 24.9 Å². The molecule has 0 radical (unpaired) electrons. The van der Waals surface area contributed by atoms with Crippen LogP contribution in [0.5, 0.6) is 0 Å². The van der Waals surface area contributed by atoms with Crippen LogP contribution in [0, 0.1) is 13.8 Å². The van der Waals surface area contributed by atoms with Gasteiger partial charge in [0.1, 0.15) is 6.33 Å². The molecule has 0 bridgehead atoms. The summed E-state index contributed by atoms with van der Waals surface area (Å²) in [5.74, 6) is 1.14. The Kier molecular flexibility index (Phi) is 5.54. The first-order chi connectivity index (χ1) is 12.9. The maximum Gasteiger partial charge on any atom is 0.252 e. The Morgan fingerprint density at radius 2 is 1.78 bits per heavy atom. The van der Waals surface area contributed by atoms with E-state index >= 15 is 0 Å². The second kappa shape index (κ2) is 7.86. The number of hydrogen-bond donors (Lipinski definition) is 1. The molecule has 2 aromatic heterocycles. The van der Waals surface area contributed by atoms with Gasteiger partial charge in [0.2, 0.25) is 5.91 Å². The van der Waals surface area contributed by atoms with Crippen molar-refractivity contribution < 1.29 is 4.79 Å². The molecular formula is C21H27N5O. The van der Waals surface area contributed by atoms with Gasteiger partial charge in [0, 0.05) is 17.8 Å². The SMILES string of the molecule is Cc1nc2ncnn2c(C)c1CCC(=O)NC(C)c1ccc(C(C)C)cc1. The lowest BCUT2D eigenvalue weighted by atomic mass is 9.99. The van der Waals surface area contributed by atoms with Crippen LogP contribution in [0.4, 0.5) is 0 Å². The van der Waals surface area contributed by atoms with Crippen molar-refractivity contribution in [2.24, 2.45) is 0 Å². The number of fused-ring (bicyclic) bond motifs is 1. The van der Waals surface area contributed by atoms with Gasteiger partial charge in [-0.2, -0.15) is 10.1 Å². The highest BCUT2D eigenvalue weighted by molar-refractivity contribution is 5.76. The highest BCUT2D eigenvalue weighted by atomic mass is 16.1. The van der Waals surface area contributed by atoms with E-state index in [1.165, 1.54) is 11.9 Å². The molecule has 1 atom stereocenters. The topological polar surface area (TPSA) is 72.2 Å². The van der Waals surface area contributed by atoms with Crippen LogP contribution in [0.15, 0.2) is 30.6 Å². The van der Waals surface area contributed by atoms with Gasteiger partial charge < -0.3 is 5.32 Å². The van der Waals surface area contributed by atoms with Crippen molar-refractivity contribution in [3.63, 3.8) is 0 Å². The van der Waals surface area contributed by atoms with E-state index < -0.39 is 0 Å². The van der Waals surface area contributed by atoms with Crippen molar-refractivity contribution in [3.05, 3.63) is 58.7 Å². The lowest BCUT2D eigenvalue weighted by Gasteiger charge is -2.16. The number of nitrogens with zero attached hydrogens (tertiary/aromatic N) is 4. The first-order valence-corrected chi connectivity index (χ1v) is 9.42. The molecule has 0 fully saturated rings. The van der Waals surface area contributed by atoms with E-state index in [1.54, 1.807) is 4.52 Å². The van der Waals surface area contributed by atoms with Gasteiger partial charge in [0.05, 0.1) is 6.04 Å². The lowest BCUT2D eigenvalue weighted by molar-refractivity contribution is -0.121. The van der Waals surface area contributed by atoms with Crippen LogP contribution in [0.3, 0.4) is 0 Å². The summed E-state index contributed by atoms with van der Waals surface area (Å²) in [7, 11) is 0. The molecule has 0 aliphatic carbocycles. The van der Waals surface area contributed by atoms with Crippen LogP contribution >= 0.6 is 0 Å². The number of aromatic nitrogens is 4. The number of carbonyl (C=O) groups excluding carboxylic acids is 1. The summed E-state index contributed by atoms with van der Waals surface area (Å²) in [6.45, 7) is 10.3. The minimum Gasteiger partial charge on any atom is -0.350 e. The largest absolute Gasteiger partial charge is 0.350 e. The van der Waals surface area contributed by atoms with Gasteiger partial charge in [-0.1, -0.05) is 38.1 Å². The number of hydrogen-bond acceptors (Lipinski definition) is 4. The fourth-order valence-corrected chi connectivity index (χ4v) is 3.32. The van der Waals surface area contributed by atoms with Crippen molar-refractivity contribution in [1.29, 1.82) is 0 Å². The van der Waals surface area contributed by atoms with Gasteiger partial charge in [-0.3, -0.25) is 4.79 Å². The zero-order valence-corrected chi connectivity index (χ0v) is 16.7. The zero-order valence-electron chi connectivity index (χ0n) is 16.7. The predicted molar refractivity (Wildman–Crippen MR) is 106 cm³/mol. The fraction of sp³-hybridized carbons (Fsp3) is 0.429. The van der Waals surface area contributed by atoms with Crippen LogP contribution in [-0.4, -0.2) is 25.5 Å². The Balaban J connectivity index is 1.62. The molecular weight excluding hydrogens is 338 g/mol. The van der Waals surface area contributed by atoms with Crippen LogP contribution in [0.25, 0.3) is 5.78 Å². The van der Waals surface area contributed by atoms with Gasteiger partial charge in [-0.15, -0.1) is 0 Å². The smallest absolute Gasteiger partial charge is 0.252 e.